The van der Waals surface area contributed by atoms with Gasteiger partial charge < -0.3 is 15.0 Å². The van der Waals surface area contributed by atoms with Gasteiger partial charge in [-0.05, 0) is 37.3 Å². The van der Waals surface area contributed by atoms with E-state index in [-0.39, 0.29) is 35.8 Å². The normalized spacial score (nSPS) is 28.7. The van der Waals surface area contributed by atoms with Crippen molar-refractivity contribution in [2.45, 2.75) is 63.4 Å². The molecule has 0 saturated carbocycles. The third-order valence-electron chi connectivity index (χ3n) is 7.25. The number of nitrogens with zero attached hydrogens (tertiary/aromatic N) is 2. The van der Waals surface area contributed by atoms with Crippen molar-refractivity contribution in [3.8, 4) is 0 Å². The molecule has 2 N–H and O–H groups in total. The molecule has 4 aliphatic heterocycles. The van der Waals surface area contributed by atoms with Gasteiger partial charge in [-0.2, -0.15) is 0 Å². The van der Waals surface area contributed by atoms with E-state index in [1.165, 1.54) is 0 Å². The van der Waals surface area contributed by atoms with Gasteiger partial charge in [0, 0.05) is 50.2 Å². The van der Waals surface area contributed by atoms with Crippen LogP contribution in [-0.2, 0) is 27.4 Å². The molecule has 8 heteroatoms. The molecule has 4 heterocycles. The topological polar surface area (TPSA) is 91.0 Å². The largest absolute Gasteiger partial charge is 0.375 e. The molecule has 2 atom stereocenters. The molecule has 1 spiro atoms. The Labute approximate surface area is 182 Å². The molecule has 31 heavy (non-hydrogen) atoms. The van der Waals surface area contributed by atoms with Crippen LogP contribution in [0, 0.1) is 0 Å². The zero-order chi connectivity index (χ0) is 21.6. The molecule has 5 rings (SSSR count). The average molecular weight is 427 g/mol. The molecule has 1 aromatic carbocycles. The van der Waals surface area contributed by atoms with Crippen molar-refractivity contribution >= 4 is 17.7 Å². The van der Waals surface area contributed by atoms with E-state index in [1.54, 1.807) is 4.90 Å². The van der Waals surface area contributed by atoms with Crippen molar-refractivity contribution in [2.75, 3.05) is 26.2 Å². The Bertz CT molecular complexity index is 899. The van der Waals surface area contributed by atoms with Crippen LogP contribution >= 0.6 is 0 Å². The maximum atomic E-state index is 13.3. The third kappa shape index (κ3) is 3.88. The van der Waals surface area contributed by atoms with E-state index < -0.39 is 6.04 Å². The van der Waals surface area contributed by atoms with Gasteiger partial charge in [0.2, 0.25) is 11.8 Å². The fraction of sp³-hybridized carbons (Fsp3) is 0.609. The molecule has 3 fully saturated rings. The highest BCUT2D eigenvalue weighted by atomic mass is 16.5. The number of amides is 3. The van der Waals surface area contributed by atoms with Crippen LogP contribution in [-0.4, -0.2) is 71.4 Å². The monoisotopic (exact) mass is 426 g/mol. The van der Waals surface area contributed by atoms with Gasteiger partial charge in [-0.25, -0.2) is 0 Å². The van der Waals surface area contributed by atoms with Gasteiger partial charge in [0.25, 0.3) is 5.91 Å². The van der Waals surface area contributed by atoms with Crippen molar-refractivity contribution in [3.63, 3.8) is 0 Å². The molecule has 0 bridgehead atoms. The number of carbonyl (C=O) groups excluding carboxylic acids is 3. The van der Waals surface area contributed by atoms with E-state index in [0.717, 1.165) is 62.3 Å². The lowest BCUT2D eigenvalue weighted by Gasteiger charge is -2.46. The van der Waals surface area contributed by atoms with Gasteiger partial charge in [0.15, 0.2) is 0 Å². The lowest BCUT2D eigenvalue weighted by Crippen LogP contribution is -2.61. The summed E-state index contributed by atoms with van der Waals surface area (Å²) in [6.45, 7) is 6.83. The summed E-state index contributed by atoms with van der Waals surface area (Å²) in [6, 6.07) is 5.43. The van der Waals surface area contributed by atoms with E-state index in [1.807, 2.05) is 18.2 Å². The molecule has 0 aromatic heterocycles. The number of piperidine rings is 2. The highest BCUT2D eigenvalue weighted by Gasteiger charge is 2.41. The Hall–Kier alpha value is -2.29. The molecule has 1 aromatic rings. The standard InChI is InChI=1S/C23H30N4O4/c1-15-11-24-23(14-31-15)7-9-26(10-8-23)12-16-3-2-4-17-13-27(22(30)20(16)17)18-5-6-19(28)25-21(18)29/h2-4,15,18,24H,5-14H2,1H3,(H,25,28,29). The first-order valence-electron chi connectivity index (χ1n) is 11.3. The van der Waals surface area contributed by atoms with E-state index in [4.69, 9.17) is 4.74 Å². The van der Waals surface area contributed by atoms with Crippen LogP contribution in [0.4, 0.5) is 0 Å². The number of ether oxygens (including phenoxy) is 1. The number of hydrogen-bond donors (Lipinski definition) is 2. The predicted molar refractivity (Wildman–Crippen MR) is 113 cm³/mol. The summed E-state index contributed by atoms with van der Waals surface area (Å²) in [7, 11) is 0. The van der Waals surface area contributed by atoms with Crippen molar-refractivity contribution < 1.29 is 19.1 Å². The highest BCUT2D eigenvalue weighted by Crippen LogP contribution is 2.32. The maximum Gasteiger partial charge on any atom is 0.255 e. The molecule has 0 radical (unpaired) electrons. The van der Waals surface area contributed by atoms with Gasteiger partial charge in [0.1, 0.15) is 6.04 Å². The minimum Gasteiger partial charge on any atom is -0.375 e. The van der Waals surface area contributed by atoms with Crippen LogP contribution in [0.2, 0.25) is 0 Å². The van der Waals surface area contributed by atoms with Crippen molar-refractivity contribution in [1.29, 1.82) is 0 Å². The number of fused-ring (bicyclic) bond motifs is 1. The lowest BCUT2D eigenvalue weighted by atomic mass is 9.86. The van der Waals surface area contributed by atoms with Gasteiger partial charge in [-0.3, -0.25) is 24.6 Å². The second-order valence-corrected chi connectivity index (χ2v) is 9.41. The fourth-order valence-corrected chi connectivity index (χ4v) is 5.29. The number of rotatable bonds is 3. The molecule has 0 aliphatic carbocycles. The Morgan fingerprint density at radius 3 is 2.71 bits per heavy atom. The number of nitrogens with one attached hydrogen (secondary N) is 2. The second-order valence-electron chi connectivity index (χ2n) is 9.41. The Morgan fingerprint density at radius 1 is 1.19 bits per heavy atom. The molecule has 8 nitrogen and oxygen atoms in total. The first-order chi connectivity index (χ1) is 14.9. The smallest absolute Gasteiger partial charge is 0.255 e. The van der Waals surface area contributed by atoms with Crippen molar-refractivity contribution in [3.05, 3.63) is 34.9 Å². The number of likely N-dealkylation sites (tertiary alicyclic amines) is 1. The van der Waals surface area contributed by atoms with Crippen LogP contribution < -0.4 is 10.6 Å². The summed E-state index contributed by atoms with van der Waals surface area (Å²) >= 11 is 0. The van der Waals surface area contributed by atoms with E-state index in [2.05, 4.69) is 22.5 Å². The zero-order valence-corrected chi connectivity index (χ0v) is 18.0. The zero-order valence-electron chi connectivity index (χ0n) is 18.0. The molecular formula is C23H30N4O4. The van der Waals surface area contributed by atoms with Crippen LogP contribution in [0.5, 0.6) is 0 Å². The van der Waals surface area contributed by atoms with Crippen LogP contribution in [0.1, 0.15) is 54.1 Å². The lowest BCUT2D eigenvalue weighted by molar-refractivity contribution is -0.136. The average Bonchev–Trinajstić information content (AvgIpc) is 3.09. The van der Waals surface area contributed by atoms with Crippen LogP contribution in [0.25, 0.3) is 0 Å². The number of imide groups is 1. The van der Waals surface area contributed by atoms with E-state index in [0.29, 0.717) is 13.0 Å². The summed E-state index contributed by atoms with van der Waals surface area (Å²) in [6.07, 6.45) is 3.00. The summed E-state index contributed by atoms with van der Waals surface area (Å²) in [5, 5.41) is 6.06. The third-order valence-corrected chi connectivity index (χ3v) is 7.25. The molecule has 2 unspecified atom stereocenters. The molecular weight excluding hydrogens is 396 g/mol. The Kier molecular flexibility index (Phi) is 5.32. The van der Waals surface area contributed by atoms with Crippen LogP contribution in [0.15, 0.2) is 18.2 Å². The van der Waals surface area contributed by atoms with Gasteiger partial charge in [0.05, 0.1) is 12.7 Å². The summed E-state index contributed by atoms with van der Waals surface area (Å²) in [4.78, 5) is 41.1. The van der Waals surface area contributed by atoms with Gasteiger partial charge in [-0.1, -0.05) is 18.2 Å². The first kappa shape index (κ1) is 20.6. The Morgan fingerprint density at radius 2 is 2.00 bits per heavy atom. The first-order valence-corrected chi connectivity index (χ1v) is 11.3. The maximum absolute atomic E-state index is 13.3. The molecule has 3 amide bonds. The highest BCUT2D eigenvalue weighted by molar-refractivity contribution is 6.05. The number of morpholine rings is 1. The van der Waals surface area contributed by atoms with E-state index in [9.17, 15) is 14.4 Å². The minimum absolute atomic E-state index is 0.0834. The number of benzene rings is 1. The predicted octanol–water partition coefficient (Wildman–Crippen LogP) is 0.791. The van der Waals surface area contributed by atoms with Crippen molar-refractivity contribution in [2.24, 2.45) is 0 Å². The van der Waals surface area contributed by atoms with Crippen LogP contribution in [0.3, 0.4) is 0 Å². The fourth-order valence-electron chi connectivity index (χ4n) is 5.29. The Balaban J connectivity index is 1.26. The van der Waals surface area contributed by atoms with Gasteiger partial charge in [-0.15, -0.1) is 0 Å². The summed E-state index contributed by atoms with van der Waals surface area (Å²) in [5.41, 5.74) is 2.81. The summed E-state index contributed by atoms with van der Waals surface area (Å²) < 4.78 is 5.90. The second kappa shape index (κ2) is 8.00. The van der Waals surface area contributed by atoms with E-state index >= 15 is 0 Å². The summed E-state index contributed by atoms with van der Waals surface area (Å²) in [5.74, 6) is -0.719. The van der Waals surface area contributed by atoms with Gasteiger partial charge >= 0.3 is 0 Å². The minimum atomic E-state index is -0.569. The molecule has 3 saturated heterocycles. The quantitative estimate of drug-likeness (QED) is 0.695. The SMILES string of the molecule is CC1CNC2(CCN(Cc3cccc4c3C(=O)N(C3CCC(=O)NC3=O)C4)CC2)CO1. The molecule has 4 aliphatic rings. The van der Waals surface area contributed by atoms with Crippen molar-refractivity contribution in [1.82, 2.24) is 20.4 Å². The number of carbonyl (C=O) groups is 3. The molecule has 166 valence electrons. The number of hydrogen-bond acceptors (Lipinski definition) is 6.